The minimum absolute atomic E-state index is 0. The second-order valence-corrected chi connectivity index (χ2v) is 4.20. The number of carboxylic acids is 1. The largest absolute Gasteiger partial charge is 1.00 e. The molecule has 4 nitrogen and oxygen atoms in total. The maximum atomic E-state index is 11.2. The van der Waals surface area contributed by atoms with Gasteiger partial charge in [0.25, 0.3) is 0 Å². The topological polar surface area (TPSA) is 69.6 Å². The zero-order chi connectivity index (χ0) is 12.2. The quantitative estimate of drug-likeness (QED) is 0.464. The standard InChI is InChI=1S/C12H15NO3.Na/c1-9(2)8-12(13-16,11(14)15)10-6-4-3-5-7-10;/h3-7,9H,8H2,1-2H3,(H,14,15);/q;+1/p-1/t12-;/m1./s1. The molecule has 17 heavy (non-hydrogen) atoms. The molecule has 1 aromatic carbocycles. The Kier molecular flexibility index (Phi) is 6.60. The summed E-state index contributed by atoms with van der Waals surface area (Å²) < 4.78 is 0. The van der Waals surface area contributed by atoms with Crippen LogP contribution in [0.1, 0.15) is 25.8 Å². The molecule has 1 aromatic rings. The van der Waals surface area contributed by atoms with Crippen LogP contribution in [-0.4, -0.2) is 5.97 Å². The molecule has 0 fully saturated rings. The molecule has 5 heteroatoms. The van der Waals surface area contributed by atoms with Gasteiger partial charge in [0.15, 0.2) is 5.54 Å². The number of carbonyl (C=O) groups excluding carboxylic acids is 1. The summed E-state index contributed by atoms with van der Waals surface area (Å²) in [5.74, 6) is -1.40. The first kappa shape index (κ1) is 16.3. The van der Waals surface area contributed by atoms with Crippen molar-refractivity contribution in [3.63, 3.8) is 0 Å². The molecule has 0 aromatic heterocycles. The predicted octanol–water partition coefficient (Wildman–Crippen LogP) is -1.55. The van der Waals surface area contributed by atoms with Gasteiger partial charge in [-0.25, -0.2) is 0 Å². The monoisotopic (exact) mass is 243 g/mol. The van der Waals surface area contributed by atoms with Crippen LogP contribution in [0.15, 0.2) is 35.5 Å². The second-order valence-electron chi connectivity index (χ2n) is 4.20. The molecule has 1 atom stereocenters. The van der Waals surface area contributed by atoms with Crippen LogP contribution in [0, 0.1) is 10.8 Å². The number of rotatable bonds is 5. The van der Waals surface area contributed by atoms with Crippen molar-refractivity contribution in [2.24, 2.45) is 11.1 Å². The van der Waals surface area contributed by atoms with Crippen molar-refractivity contribution in [3.8, 4) is 0 Å². The predicted molar refractivity (Wildman–Crippen MR) is 58.4 cm³/mol. The average molecular weight is 243 g/mol. The molecule has 0 heterocycles. The summed E-state index contributed by atoms with van der Waals surface area (Å²) in [6.45, 7) is 3.68. The molecule has 1 rings (SSSR count). The van der Waals surface area contributed by atoms with Crippen LogP contribution in [0.5, 0.6) is 0 Å². The van der Waals surface area contributed by atoms with Gasteiger partial charge in [-0.05, 0) is 17.9 Å². The molecule has 0 aliphatic carbocycles. The van der Waals surface area contributed by atoms with Gasteiger partial charge in [0.2, 0.25) is 0 Å². The first-order valence-corrected chi connectivity index (χ1v) is 5.14. The van der Waals surface area contributed by atoms with Gasteiger partial charge in [0.05, 0.1) is 5.97 Å². The molecule has 0 N–H and O–H groups in total. The smallest absolute Gasteiger partial charge is 0.547 e. The molecular weight excluding hydrogens is 229 g/mol. The van der Waals surface area contributed by atoms with E-state index in [0.717, 1.165) is 0 Å². The minimum Gasteiger partial charge on any atom is -0.547 e. The van der Waals surface area contributed by atoms with Crippen LogP contribution >= 0.6 is 0 Å². The van der Waals surface area contributed by atoms with Crippen molar-refractivity contribution in [2.45, 2.75) is 25.8 Å². The summed E-state index contributed by atoms with van der Waals surface area (Å²) in [7, 11) is 0. The maximum Gasteiger partial charge on any atom is 1.00 e. The molecule has 0 radical (unpaired) electrons. The van der Waals surface area contributed by atoms with Gasteiger partial charge in [-0.3, -0.25) is 0 Å². The van der Waals surface area contributed by atoms with E-state index in [-0.39, 0.29) is 41.9 Å². The third kappa shape index (κ3) is 3.63. The van der Waals surface area contributed by atoms with Crippen molar-refractivity contribution in [3.05, 3.63) is 40.8 Å². The van der Waals surface area contributed by atoms with Gasteiger partial charge < -0.3 is 9.90 Å². The van der Waals surface area contributed by atoms with Crippen molar-refractivity contribution in [2.75, 3.05) is 0 Å². The molecule has 0 saturated heterocycles. The fourth-order valence-electron chi connectivity index (χ4n) is 1.75. The van der Waals surface area contributed by atoms with E-state index in [4.69, 9.17) is 0 Å². The third-order valence-electron chi connectivity index (χ3n) is 2.45. The van der Waals surface area contributed by atoms with Crippen molar-refractivity contribution >= 4 is 5.97 Å². The Balaban J connectivity index is 0.00000256. The van der Waals surface area contributed by atoms with Crippen LogP contribution in [0.25, 0.3) is 0 Å². The molecule has 86 valence electrons. The van der Waals surface area contributed by atoms with Gasteiger partial charge in [-0.15, -0.1) is 4.91 Å². The molecule has 0 aliphatic rings. The Morgan fingerprint density at radius 3 is 2.24 bits per heavy atom. The normalized spacial score (nSPS) is 13.6. The molecule has 0 unspecified atom stereocenters. The SMILES string of the molecule is CC(C)C[C@](N=O)(C(=O)[O-])c1ccccc1.[Na+]. The molecule has 0 spiro atoms. The van der Waals surface area contributed by atoms with E-state index in [9.17, 15) is 14.8 Å². The van der Waals surface area contributed by atoms with Gasteiger partial charge in [-0.1, -0.05) is 49.4 Å². The molecule has 0 amide bonds. The Bertz CT molecular complexity index is 381. The summed E-state index contributed by atoms with van der Waals surface area (Å²) >= 11 is 0. The zero-order valence-corrected chi connectivity index (χ0v) is 12.3. The van der Waals surface area contributed by atoms with E-state index >= 15 is 0 Å². The minimum atomic E-state index is -1.77. The van der Waals surface area contributed by atoms with Crippen LogP contribution < -0.4 is 34.7 Å². The Hall–Kier alpha value is -0.710. The van der Waals surface area contributed by atoms with Crippen LogP contribution in [-0.2, 0) is 10.3 Å². The number of nitrogens with zero attached hydrogens (tertiary/aromatic N) is 1. The van der Waals surface area contributed by atoms with Crippen LogP contribution in [0.4, 0.5) is 0 Å². The fourth-order valence-corrected chi connectivity index (χ4v) is 1.75. The third-order valence-corrected chi connectivity index (χ3v) is 2.45. The van der Waals surface area contributed by atoms with Gasteiger partial charge in [-0.2, -0.15) is 0 Å². The molecule has 0 bridgehead atoms. The van der Waals surface area contributed by atoms with E-state index in [2.05, 4.69) is 5.18 Å². The Morgan fingerprint density at radius 2 is 1.88 bits per heavy atom. The first-order valence-electron chi connectivity index (χ1n) is 5.14. The average Bonchev–Trinajstić information content (AvgIpc) is 2.26. The summed E-state index contributed by atoms with van der Waals surface area (Å²) in [5, 5.41) is 14.0. The van der Waals surface area contributed by atoms with Crippen LogP contribution in [0.2, 0.25) is 0 Å². The fraction of sp³-hybridized carbons (Fsp3) is 0.417. The summed E-state index contributed by atoms with van der Waals surface area (Å²) in [4.78, 5) is 22.1. The number of benzene rings is 1. The molecule has 0 saturated carbocycles. The van der Waals surface area contributed by atoms with Crippen molar-refractivity contribution in [1.82, 2.24) is 0 Å². The van der Waals surface area contributed by atoms with Crippen molar-refractivity contribution in [1.29, 1.82) is 0 Å². The molecule has 0 aliphatic heterocycles. The Labute approximate surface area is 123 Å². The second kappa shape index (κ2) is 6.89. The number of carboxylic acid groups (broad SMARTS) is 1. The number of hydrogen-bond acceptors (Lipinski definition) is 4. The number of carbonyl (C=O) groups is 1. The van der Waals surface area contributed by atoms with E-state index < -0.39 is 11.5 Å². The summed E-state index contributed by atoms with van der Waals surface area (Å²) in [5.41, 5.74) is -1.39. The van der Waals surface area contributed by atoms with Gasteiger partial charge in [0.1, 0.15) is 0 Å². The van der Waals surface area contributed by atoms with E-state index in [1.54, 1.807) is 30.3 Å². The van der Waals surface area contributed by atoms with E-state index in [1.807, 2.05) is 13.8 Å². The number of nitroso groups, excluding NO2 is 1. The maximum absolute atomic E-state index is 11.2. The van der Waals surface area contributed by atoms with Crippen molar-refractivity contribution < 1.29 is 39.5 Å². The van der Waals surface area contributed by atoms with E-state index in [0.29, 0.717) is 5.56 Å². The number of aliphatic carboxylic acids is 1. The van der Waals surface area contributed by atoms with Gasteiger partial charge in [0, 0.05) is 0 Å². The summed E-state index contributed by atoms with van der Waals surface area (Å²) in [6, 6.07) is 8.28. The van der Waals surface area contributed by atoms with E-state index in [1.165, 1.54) is 0 Å². The van der Waals surface area contributed by atoms with Gasteiger partial charge >= 0.3 is 29.6 Å². The Morgan fingerprint density at radius 1 is 1.35 bits per heavy atom. The zero-order valence-electron chi connectivity index (χ0n) is 10.3. The summed E-state index contributed by atoms with van der Waals surface area (Å²) in [6.07, 6.45) is 0.142. The van der Waals surface area contributed by atoms with Crippen LogP contribution in [0.3, 0.4) is 0 Å². The molecular formula is C12H14NNaO3. The first-order chi connectivity index (χ1) is 7.53. The number of hydrogen-bond donors (Lipinski definition) is 0.